The number of para-hydroxylation sites is 1. The number of rotatable bonds is 9. The van der Waals surface area contributed by atoms with Gasteiger partial charge in [-0.2, -0.15) is 5.10 Å². The molecule has 1 N–H and O–H groups in total. The number of aromatic nitrogens is 2. The van der Waals surface area contributed by atoms with Crippen LogP contribution in [0.1, 0.15) is 46.0 Å². The fourth-order valence-electron chi connectivity index (χ4n) is 5.01. The van der Waals surface area contributed by atoms with Crippen molar-refractivity contribution in [2.24, 2.45) is 5.92 Å². The van der Waals surface area contributed by atoms with E-state index in [1.54, 1.807) is 30.8 Å². The number of ether oxygens (including phenoxy) is 3. The minimum atomic E-state index is -0.874. The Kier molecular flexibility index (Phi) is 7.09. The van der Waals surface area contributed by atoms with E-state index in [4.69, 9.17) is 14.2 Å². The first-order valence-corrected chi connectivity index (χ1v) is 12.7. The molecule has 9 nitrogen and oxygen atoms in total. The third-order valence-corrected chi connectivity index (χ3v) is 6.82. The number of halogens is 2. The highest BCUT2D eigenvalue weighted by Crippen LogP contribution is 2.32. The Morgan fingerprint density at radius 3 is 2.66 bits per heavy atom. The molecule has 0 saturated heterocycles. The molecule has 1 atom stereocenters. The summed E-state index contributed by atoms with van der Waals surface area (Å²) in [4.78, 5) is 27.8. The zero-order valence-corrected chi connectivity index (χ0v) is 21.3. The molecule has 1 aliphatic carbocycles. The van der Waals surface area contributed by atoms with Gasteiger partial charge in [-0.05, 0) is 24.5 Å². The van der Waals surface area contributed by atoms with Gasteiger partial charge in [0.2, 0.25) is 11.7 Å². The number of carbonyl (C=O) groups is 2. The van der Waals surface area contributed by atoms with E-state index in [2.05, 4.69) is 10.4 Å². The van der Waals surface area contributed by atoms with E-state index in [1.807, 2.05) is 0 Å². The topological polar surface area (TPSA) is 94.9 Å². The van der Waals surface area contributed by atoms with Crippen molar-refractivity contribution >= 4 is 17.6 Å². The largest absolute Gasteiger partial charge is 0.457 e. The van der Waals surface area contributed by atoms with Crippen molar-refractivity contribution in [1.29, 1.82) is 0 Å². The summed E-state index contributed by atoms with van der Waals surface area (Å²) in [5.41, 5.74) is 0. The zero-order valence-electron chi connectivity index (χ0n) is 21.3. The van der Waals surface area contributed by atoms with E-state index in [0.29, 0.717) is 30.5 Å². The third kappa shape index (κ3) is 5.81. The summed E-state index contributed by atoms with van der Waals surface area (Å²) in [5.74, 6) is -2.60. The molecule has 1 aromatic heterocycles. The van der Waals surface area contributed by atoms with E-state index in [0.717, 1.165) is 37.8 Å². The molecule has 2 aromatic rings. The molecule has 5 rings (SSSR count). The van der Waals surface area contributed by atoms with Gasteiger partial charge in [-0.25, -0.2) is 8.78 Å². The summed E-state index contributed by atoms with van der Waals surface area (Å²) in [6.45, 7) is 3.85. The van der Waals surface area contributed by atoms with Gasteiger partial charge >= 0.3 is 0 Å². The van der Waals surface area contributed by atoms with E-state index >= 15 is 0 Å². The lowest BCUT2D eigenvalue weighted by Gasteiger charge is -2.29. The van der Waals surface area contributed by atoms with Gasteiger partial charge < -0.3 is 24.4 Å². The maximum Gasteiger partial charge on any atom is 0.251 e. The first-order chi connectivity index (χ1) is 18.2. The summed E-state index contributed by atoms with van der Waals surface area (Å²) < 4.78 is 46.3. The lowest BCUT2D eigenvalue weighted by molar-refractivity contribution is -0.134. The Balaban J connectivity index is 1.27. The molecule has 1 saturated carbocycles. The number of hydrogen-bond donors (Lipinski definition) is 1. The van der Waals surface area contributed by atoms with Crippen molar-refractivity contribution in [2.45, 2.75) is 64.3 Å². The minimum Gasteiger partial charge on any atom is -0.457 e. The molecule has 2 aliphatic heterocycles. The second-order valence-corrected chi connectivity index (χ2v) is 10.2. The van der Waals surface area contributed by atoms with Gasteiger partial charge in [0.05, 0.1) is 6.54 Å². The van der Waals surface area contributed by atoms with Gasteiger partial charge in [0.15, 0.2) is 29.0 Å². The first-order valence-electron chi connectivity index (χ1n) is 12.7. The Bertz CT molecular complexity index is 1260. The molecule has 0 bridgehead atoms. The van der Waals surface area contributed by atoms with Crippen LogP contribution in [-0.4, -0.2) is 44.9 Å². The van der Waals surface area contributed by atoms with E-state index in [1.165, 1.54) is 23.3 Å². The first kappa shape index (κ1) is 25.7. The molecule has 3 heterocycles. The van der Waals surface area contributed by atoms with Crippen molar-refractivity contribution in [3.05, 3.63) is 66.0 Å². The normalized spacial score (nSPS) is 19.6. The number of nitrogens with one attached hydrogen (secondary N) is 1. The molecular weight excluding hydrogens is 498 g/mol. The number of allylic oxidation sites excluding steroid dienone is 1. The van der Waals surface area contributed by atoms with Crippen LogP contribution in [0.4, 0.5) is 14.6 Å². The molecule has 202 valence electrons. The standard InChI is InChI=1S/C27H30F2N4O5/c1-27(2)36-16-19(38-27)14-32-11-10-23(31-32)30-26(35)22(12-17-6-3-4-7-17)33-15-18(13-24(33)34)37-25-20(28)8-5-9-21(25)29/h5,8-11,13,16-17,22H,3-4,6-7,12,14-15H2,1-2H3,(H,30,31,35). The maximum atomic E-state index is 14.1. The van der Waals surface area contributed by atoms with Crippen LogP contribution < -0.4 is 10.1 Å². The van der Waals surface area contributed by atoms with Gasteiger partial charge in [-0.15, -0.1) is 0 Å². The summed E-state index contributed by atoms with van der Waals surface area (Å²) >= 11 is 0. The molecule has 3 aliphatic rings. The lowest BCUT2D eigenvalue weighted by atomic mass is 9.96. The fraction of sp³-hybridized carbons (Fsp3) is 0.444. The van der Waals surface area contributed by atoms with Crippen LogP contribution >= 0.6 is 0 Å². The summed E-state index contributed by atoms with van der Waals surface area (Å²) in [5, 5.41) is 7.21. The quantitative estimate of drug-likeness (QED) is 0.516. The van der Waals surface area contributed by atoms with Gasteiger partial charge in [0.25, 0.3) is 5.91 Å². The molecular formula is C27H30F2N4O5. The van der Waals surface area contributed by atoms with Crippen LogP contribution in [0.3, 0.4) is 0 Å². The van der Waals surface area contributed by atoms with Gasteiger partial charge in [0.1, 0.15) is 24.6 Å². The van der Waals surface area contributed by atoms with E-state index in [9.17, 15) is 18.4 Å². The van der Waals surface area contributed by atoms with Crippen molar-refractivity contribution in [3.8, 4) is 5.75 Å². The summed E-state index contributed by atoms with van der Waals surface area (Å²) in [7, 11) is 0. The number of nitrogens with zero attached hydrogens (tertiary/aromatic N) is 3. The van der Waals surface area contributed by atoms with Crippen LogP contribution in [0, 0.1) is 17.6 Å². The maximum absolute atomic E-state index is 14.1. The monoisotopic (exact) mass is 528 g/mol. The number of carbonyl (C=O) groups excluding carboxylic acids is 2. The molecule has 1 aromatic carbocycles. The van der Waals surface area contributed by atoms with Crippen molar-refractivity contribution in [2.75, 3.05) is 11.9 Å². The highest BCUT2D eigenvalue weighted by Gasteiger charge is 2.37. The minimum absolute atomic E-state index is 0.0717. The zero-order chi connectivity index (χ0) is 26.9. The van der Waals surface area contributed by atoms with Crippen molar-refractivity contribution in [1.82, 2.24) is 14.7 Å². The Morgan fingerprint density at radius 1 is 1.24 bits per heavy atom. The second-order valence-electron chi connectivity index (χ2n) is 10.2. The van der Waals surface area contributed by atoms with Crippen LogP contribution in [0.2, 0.25) is 0 Å². The molecule has 1 fully saturated rings. The Morgan fingerprint density at radius 2 is 1.97 bits per heavy atom. The molecule has 0 radical (unpaired) electrons. The SMILES string of the molecule is CC1(C)OC=C(Cn2ccc(NC(=O)C(CC3CCCC3)N3CC(Oc4c(F)cccc4F)=CC3=O)n2)O1. The Labute approximate surface area is 219 Å². The number of amides is 2. The molecule has 11 heteroatoms. The number of anilines is 1. The Hall–Kier alpha value is -3.89. The smallest absolute Gasteiger partial charge is 0.251 e. The molecule has 1 unspecified atom stereocenters. The van der Waals surface area contributed by atoms with Crippen molar-refractivity contribution < 1.29 is 32.6 Å². The predicted octanol–water partition coefficient (Wildman–Crippen LogP) is 4.48. The van der Waals surface area contributed by atoms with Crippen LogP contribution in [0.25, 0.3) is 0 Å². The van der Waals surface area contributed by atoms with Gasteiger partial charge in [0, 0.05) is 32.2 Å². The fourth-order valence-corrected chi connectivity index (χ4v) is 5.01. The average Bonchev–Trinajstić information content (AvgIpc) is 3.65. The average molecular weight is 529 g/mol. The molecule has 0 spiro atoms. The summed E-state index contributed by atoms with van der Waals surface area (Å²) in [6.07, 6.45) is 9.00. The number of hydrogen-bond acceptors (Lipinski definition) is 6. The van der Waals surface area contributed by atoms with Crippen LogP contribution in [0.5, 0.6) is 5.75 Å². The number of benzene rings is 1. The van der Waals surface area contributed by atoms with Crippen molar-refractivity contribution in [3.63, 3.8) is 0 Å². The van der Waals surface area contributed by atoms with E-state index < -0.39 is 35.1 Å². The van der Waals surface area contributed by atoms with Crippen LogP contribution in [0.15, 0.2) is 54.3 Å². The third-order valence-electron chi connectivity index (χ3n) is 6.82. The van der Waals surface area contributed by atoms with Gasteiger partial charge in [-0.1, -0.05) is 31.7 Å². The van der Waals surface area contributed by atoms with Gasteiger partial charge in [-0.3, -0.25) is 14.3 Å². The molecule has 38 heavy (non-hydrogen) atoms. The highest BCUT2D eigenvalue weighted by molar-refractivity contribution is 5.99. The van der Waals surface area contributed by atoms with E-state index in [-0.39, 0.29) is 18.2 Å². The highest BCUT2D eigenvalue weighted by atomic mass is 19.1. The lowest BCUT2D eigenvalue weighted by Crippen LogP contribution is -2.46. The summed E-state index contributed by atoms with van der Waals surface area (Å²) in [6, 6.07) is 4.24. The second kappa shape index (κ2) is 10.5. The molecule has 2 amide bonds. The van der Waals surface area contributed by atoms with Crippen LogP contribution in [-0.2, 0) is 25.6 Å². The predicted molar refractivity (Wildman–Crippen MR) is 132 cm³/mol.